The maximum atomic E-state index is 10.7. The summed E-state index contributed by atoms with van der Waals surface area (Å²) < 4.78 is 4.22. The number of hydrogen-bond donors (Lipinski definition) is 2. The molecule has 0 saturated heterocycles. The Morgan fingerprint density at radius 2 is 2.18 bits per heavy atom. The van der Waals surface area contributed by atoms with Crippen molar-refractivity contribution in [3.8, 4) is 0 Å². The van der Waals surface area contributed by atoms with Crippen LogP contribution in [0.1, 0.15) is 32.6 Å². The fourth-order valence-corrected chi connectivity index (χ4v) is 1.21. The zero-order chi connectivity index (χ0) is 8.69. The van der Waals surface area contributed by atoms with Crippen LogP contribution in [-0.2, 0) is 8.98 Å². The van der Waals surface area contributed by atoms with Crippen LogP contribution in [0.5, 0.6) is 0 Å². The molecule has 0 saturated carbocycles. The Balaban J connectivity index is 3.36. The van der Waals surface area contributed by atoms with Crippen molar-refractivity contribution in [1.29, 1.82) is 0 Å². The predicted octanol–water partition coefficient (Wildman–Crippen LogP) is 2.25. The van der Waals surface area contributed by atoms with E-state index in [1.165, 1.54) is 0 Å². The minimum absolute atomic E-state index is 0.306. The van der Waals surface area contributed by atoms with Crippen LogP contribution in [-0.4, -0.2) is 11.2 Å². The molecule has 0 rings (SSSR count). The second kappa shape index (κ2) is 6.85. The molecule has 0 heterocycles. The summed E-state index contributed by atoms with van der Waals surface area (Å²) in [5, 5.41) is -0.306. The molecule has 0 aromatic heterocycles. The van der Waals surface area contributed by atoms with Crippen molar-refractivity contribution >= 4 is 31.5 Å². The SMILES string of the molecule is CCCCCC(S)C(=O)OS. The lowest BCUT2D eigenvalue weighted by Gasteiger charge is -2.05. The fourth-order valence-electron chi connectivity index (χ4n) is 0.766. The van der Waals surface area contributed by atoms with Crippen molar-refractivity contribution in [2.24, 2.45) is 0 Å². The summed E-state index contributed by atoms with van der Waals surface area (Å²) >= 11 is 7.46. The smallest absolute Gasteiger partial charge is 0.330 e. The topological polar surface area (TPSA) is 26.3 Å². The molecule has 0 aliphatic heterocycles. The highest BCUT2D eigenvalue weighted by Gasteiger charge is 2.13. The van der Waals surface area contributed by atoms with Crippen molar-refractivity contribution in [2.45, 2.75) is 37.9 Å². The molecule has 0 bridgehead atoms. The third-order valence-corrected chi connectivity index (χ3v) is 2.09. The van der Waals surface area contributed by atoms with Crippen LogP contribution in [0.4, 0.5) is 0 Å². The van der Waals surface area contributed by atoms with E-state index in [1.807, 2.05) is 0 Å². The molecule has 0 spiro atoms. The van der Waals surface area contributed by atoms with Gasteiger partial charge in [-0.2, -0.15) is 12.6 Å². The summed E-state index contributed by atoms with van der Waals surface area (Å²) in [6, 6.07) is 0. The normalized spacial score (nSPS) is 12.6. The molecule has 0 aliphatic carbocycles. The summed E-state index contributed by atoms with van der Waals surface area (Å²) in [6.45, 7) is 2.12. The third-order valence-electron chi connectivity index (χ3n) is 1.44. The second-order valence-corrected chi connectivity index (χ2v) is 3.23. The quantitative estimate of drug-likeness (QED) is 0.399. The van der Waals surface area contributed by atoms with E-state index in [-0.39, 0.29) is 11.2 Å². The molecule has 0 fully saturated rings. The highest BCUT2D eigenvalue weighted by molar-refractivity contribution is 7.82. The number of thiol groups is 2. The van der Waals surface area contributed by atoms with Crippen LogP contribution in [0.25, 0.3) is 0 Å². The molecule has 0 aromatic carbocycles. The van der Waals surface area contributed by atoms with E-state index < -0.39 is 0 Å². The molecule has 2 nitrogen and oxygen atoms in total. The molecule has 11 heavy (non-hydrogen) atoms. The first-order chi connectivity index (χ1) is 5.22. The van der Waals surface area contributed by atoms with Gasteiger partial charge in [-0.05, 0) is 6.42 Å². The lowest BCUT2D eigenvalue weighted by Crippen LogP contribution is -2.13. The molecule has 0 N–H and O–H groups in total. The van der Waals surface area contributed by atoms with Crippen molar-refractivity contribution < 1.29 is 8.98 Å². The van der Waals surface area contributed by atoms with Crippen LogP contribution in [0.3, 0.4) is 0 Å². The van der Waals surface area contributed by atoms with Gasteiger partial charge in [0.05, 0.1) is 0 Å². The zero-order valence-electron chi connectivity index (χ0n) is 6.62. The maximum Gasteiger partial charge on any atom is 0.330 e. The number of unbranched alkanes of at least 4 members (excludes halogenated alkanes) is 2. The molecular formula is C7H14O2S2. The Morgan fingerprint density at radius 1 is 1.55 bits per heavy atom. The van der Waals surface area contributed by atoms with Gasteiger partial charge in [-0.3, -0.25) is 0 Å². The van der Waals surface area contributed by atoms with Gasteiger partial charge in [0.25, 0.3) is 0 Å². The van der Waals surface area contributed by atoms with E-state index in [4.69, 9.17) is 0 Å². The molecule has 4 heteroatoms. The Labute approximate surface area is 78.7 Å². The van der Waals surface area contributed by atoms with E-state index in [0.717, 1.165) is 25.7 Å². The van der Waals surface area contributed by atoms with Crippen LogP contribution in [0, 0.1) is 0 Å². The van der Waals surface area contributed by atoms with E-state index in [1.54, 1.807) is 0 Å². The highest BCUT2D eigenvalue weighted by Crippen LogP contribution is 2.10. The molecule has 1 atom stereocenters. The third kappa shape index (κ3) is 5.44. The Bertz CT molecular complexity index is 117. The molecule has 0 radical (unpaired) electrons. The molecule has 66 valence electrons. The summed E-state index contributed by atoms with van der Waals surface area (Å²) in [7, 11) is 0. The average Bonchev–Trinajstić information content (AvgIpc) is 2.03. The Kier molecular flexibility index (Phi) is 6.96. The van der Waals surface area contributed by atoms with Gasteiger partial charge >= 0.3 is 5.97 Å². The number of carbonyl (C=O) groups is 1. The van der Waals surface area contributed by atoms with Gasteiger partial charge in [0.1, 0.15) is 5.25 Å². The van der Waals surface area contributed by atoms with Crippen molar-refractivity contribution in [1.82, 2.24) is 0 Å². The van der Waals surface area contributed by atoms with Gasteiger partial charge in [0.2, 0.25) is 0 Å². The van der Waals surface area contributed by atoms with Gasteiger partial charge in [0.15, 0.2) is 0 Å². The highest BCUT2D eigenvalue weighted by atomic mass is 32.1. The van der Waals surface area contributed by atoms with Crippen molar-refractivity contribution in [2.75, 3.05) is 0 Å². The Morgan fingerprint density at radius 3 is 2.64 bits per heavy atom. The van der Waals surface area contributed by atoms with Crippen molar-refractivity contribution in [3.63, 3.8) is 0 Å². The molecule has 0 amide bonds. The number of rotatable bonds is 5. The largest absolute Gasteiger partial charge is 0.394 e. The van der Waals surface area contributed by atoms with Gasteiger partial charge in [-0.15, -0.1) is 0 Å². The summed E-state index contributed by atoms with van der Waals surface area (Å²) in [5.74, 6) is -0.354. The fraction of sp³-hybridized carbons (Fsp3) is 0.857. The van der Waals surface area contributed by atoms with Gasteiger partial charge in [-0.25, -0.2) is 4.79 Å². The van der Waals surface area contributed by atoms with E-state index in [2.05, 4.69) is 36.6 Å². The zero-order valence-corrected chi connectivity index (χ0v) is 8.41. The van der Waals surface area contributed by atoms with Crippen LogP contribution in [0.2, 0.25) is 0 Å². The first kappa shape index (κ1) is 11.2. The molecule has 0 aliphatic rings. The number of carbonyl (C=O) groups excluding carboxylic acids is 1. The minimum Gasteiger partial charge on any atom is -0.394 e. The minimum atomic E-state index is -0.354. The lowest BCUT2D eigenvalue weighted by molar-refractivity contribution is -0.132. The van der Waals surface area contributed by atoms with E-state index in [9.17, 15) is 4.79 Å². The van der Waals surface area contributed by atoms with Crippen LogP contribution < -0.4 is 0 Å². The van der Waals surface area contributed by atoms with E-state index in [0.29, 0.717) is 0 Å². The molecular weight excluding hydrogens is 180 g/mol. The summed E-state index contributed by atoms with van der Waals surface area (Å²) in [6.07, 6.45) is 4.08. The lowest BCUT2D eigenvalue weighted by atomic mass is 10.1. The maximum absolute atomic E-state index is 10.7. The van der Waals surface area contributed by atoms with Gasteiger partial charge in [0, 0.05) is 12.9 Å². The number of hydrogen-bond acceptors (Lipinski definition) is 4. The van der Waals surface area contributed by atoms with Gasteiger partial charge in [-0.1, -0.05) is 26.2 Å². The first-order valence-corrected chi connectivity index (χ1v) is 4.63. The standard InChI is InChI=1S/C7H14O2S2/c1-2-3-4-5-6(10)7(8)9-11/h6,10-11H,2-5H2,1H3. The summed E-state index contributed by atoms with van der Waals surface area (Å²) in [5.41, 5.74) is 0. The second-order valence-electron chi connectivity index (χ2n) is 2.42. The van der Waals surface area contributed by atoms with Gasteiger partial charge < -0.3 is 4.18 Å². The monoisotopic (exact) mass is 194 g/mol. The predicted molar refractivity (Wildman–Crippen MR) is 52.0 cm³/mol. The molecule has 1 unspecified atom stereocenters. The molecule has 0 aromatic rings. The van der Waals surface area contributed by atoms with Crippen molar-refractivity contribution in [3.05, 3.63) is 0 Å². The summed E-state index contributed by atoms with van der Waals surface area (Å²) in [4.78, 5) is 10.7. The Hall–Kier alpha value is 0.170. The van der Waals surface area contributed by atoms with Crippen LogP contribution in [0.15, 0.2) is 0 Å². The first-order valence-electron chi connectivity index (χ1n) is 3.75. The van der Waals surface area contributed by atoms with E-state index >= 15 is 0 Å². The van der Waals surface area contributed by atoms with Crippen LogP contribution >= 0.6 is 25.5 Å². The average molecular weight is 194 g/mol.